The van der Waals surface area contributed by atoms with Gasteiger partial charge >= 0.3 is 5.97 Å². The first kappa shape index (κ1) is 19.9. The summed E-state index contributed by atoms with van der Waals surface area (Å²) in [6.07, 6.45) is 2.26. The van der Waals surface area contributed by atoms with Crippen molar-refractivity contribution in [1.82, 2.24) is 4.98 Å². The van der Waals surface area contributed by atoms with Crippen LogP contribution in [0.5, 0.6) is 0 Å². The molecule has 154 valence electrons. The average molecular weight is 403 g/mol. The van der Waals surface area contributed by atoms with Crippen LogP contribution in [0.15, 0.2) is 48.5 Å². The molecule has 0 aliphatic carbocycles. The van der Waals surface area contributed by atoms with Gasteiger partial charge in [0.25, 0.3) is 5.91 Å². The van der Waals surface area contributed by atoms with Crippen molar-refractivity contribution in [1.29, 1.82) is 0 Å². The molecular weight excluding hydrogens is 378 g/mol. The Bertz CT molecular complexity index is 1110. The first-order valence-corrected chi connectivity index (χ1v) is 10.2. The van der Waals surface area contributed by atoms with Crippen LogP contribution in [0.3, 0.4) is 0 Å². The number of carboxylic acids is 1. The monoisotopic (exact) mass is 403 g/mol. The molecule has 30 heavy (non-hydrogen) atoms. The SMILES string of the molecule is Cc1ccc(C(=O)Nc2ccc3nc(N4CCCC(C)C4)cc(C(=O)O)c3c2)cc1. The third-order valence-electron chi connectivity index (χ3n) is 5.58. The van der Waals surface area contributed by atoms with Gasteiger partial charge in [0.05, 0.1) is 11.1 Å². The van der Waals surface area contributed by atoms with Crippen molar-refractivity contribution in [3.05, 3.63) is 65.2 Å². The van der Waals surface area contributed by atoms with Crippen LogP contribution in [0.25, 0.3) is 10.9 Å². The second-order valence-corrected chi connectivity index (χ2v) is 8.08. The number of piperidine rings is 1. The molecule has 3 aromatic rings. The number of pyridine rings is 1. The van der Waals surface area contributed by atoms with Crippen molar-refractivity contribution in [3.8, 4) is 0 Å². The summed E-state index contributed by atoms with van der Waals surface area (Å²) in [4.78, 5) is 31.4. The molecule has 1 aliphatic rings. The zero-order valence-corrected chi connectivity index (χ0v) is 17.2. The van der Waals surface area contributed by atoms with Crippen LogP contribution in [-0.4, -0.2) is 35.1 Å². The smallest absolute Gasteiger partial charge is 0.336 e. The normalized spacial score (nSPS) is 16.5. The summed E-state index contributed by atoms with van der Waals surface area (Å²) in [6.45, 7) is 5.92. The lowest BCUT2D eigenvalue weighted by Gasteiger charge is -2.32. The van der Waals surface area contributed by atoms with E-state index in [1.165, 1.54) is 6.42 Å². The number of fused-ring (bicyclic) bond motifs is 1. The summed E-state index contributed by atoms with van der Waals surface area (Å²) in [7, 11) is 0. The Hall–Kier alpha value is -3.41. The molecule has 0 saturated carbocycles. The van der Waals surface area contributed by atoms with Gasteiger partial charge in [-0.15, -0.1) is 0 Å². The molecule has 1 unspecified atom stereocenters. The molecule has 6 heteroatoms. The zero-order chi connectivity index (χ0) is 21.3. The van der Waals surface area contributed by atoms with E-state index in [4.69, 9.17) is 4.98 Å². The Kier molecular flexibility index (Phi) is 5.40. The number of rotatable bonds is 4. The maximum atomic E-state index is 12.5. The Morgan fingerprint density at radius 2 is 1.90 bits per heavy atom. The van der Waals surface area contributed by atoms with Crippen molar-refractivity contribution < 1.29 is 14.7 Å². The van der Waals surface area contributed by atoms with E-state index in [9.17, 15) is 14.7 Å². The lowest BCUT2D eigenvalue weighted by atomic mass is 10.00. The lowest BCUT2D eigenvalue weighted by Crippen LogP contribution is -2.35. The Morgan fingerprint density at radius 1 is 1.13 bits per heavy atom. The van der Waals surface area contributed by atoms with E-state index in [2.05, 4.69) is 17.1 Å². The average Bonchev–Trinajstić information content (AvgIpc) is 2.73. The highest BCUT2D eigenvalue weighted by Crippen LogP contribution is 2.28. The molecule has 2 heterocycles. The third kappa shape index (κ3) is 4.13. The van der Waals surface area contributed by atoms with E-state index in [1.54, 1.807) is 36.4 Å². The standard InChI is InChI=1S/C24H25N3O3/c1-15-5-7-17(8-6-15)23(28)25-18-9-10-21-19(12-18)20(24(29)30)13-22(26-21)27-11-3-4-16(2)14-27/h5-10,12-13,16H,3-4,11,14H2,1-2H3,(H,25,28)(H,29,30). The Morgan fingerprint density at radius 3 is 2.60 bits per heavy atom. The maximum absolute atomic E-state index is 12.5. The summed E-state index contributed by atoms with van der Waals surface area (Å²) in [5, 5.41) is 13.2. The van der Waals surface area contributed by atoms with Crippen molar-refractivity contribution in [2.75, 3.05) is 23.3 Å². The fraction of sp³-hybridized carbons (Fsp3) is 0.292. The number of anilines is 2. The van der Waals surface area contributed by atoms with E-state index in [0.29, 0.717) is 33.9 Å². The van der Waals surface area contributed by atoms with Crippen LogP contribution in [0.1, 0.15) is 46.0 Å². The molecule has 2 aromatic carbocycles. The molecule has 1 aliphatic heterocycles. The summed E-state index contributed by atoms with van der Waals surface area (Å²) >= 11 is 0. The van der Waals surface area contributed by atoms with Gasteiger partial charge in [-0.1, -0.05) is 24.6 Å². The van der Waals surface area contributed by atoms with Gasteiger partial charge in [0.2, 0.25) is 0 Å². The fourth-order valence-electron chi connectivity index (χ4n) is 3.93. The van der Waals surface area contributed by atoms with Gasteiger partial charge in [0.15, 0.2) is 0 Å². The number of amides is 1. The molecule has 0 spiro atoms. The number of hydrogen-bond acceptors (Lipinski definition) is 4. The van der Waals surface area contributed by atoms with Crippen molar-refractivity contribution in [2.45, 2.75) is 26.7 Å². The molecule has 0 bridgehead atoms. The lowest BCUT2D eigenvalue weighted by molar-refractivity contribution is 0.0698. The maximum Gasteiger partial charge on any atom is 0.336 e. The number of aromatic carboxylic acids is 1. The quantitative estimate of drug-likeness (QED) is 0.658. The molecule has 1 saturated heterocycles. The van der Waals surface area contributed by atoms with Crippen molar-refractivity contribution >= 4 is 34.3 Å². The second kappa shape index (κ2) is 8.14. The molecule has 2 N–H and O–H groups in total. The first-order chi connectivity index (χ1) is 14.4. The van der Waals surface area contributed by atoms with Crippen LogP contribution < -0.4 is 10.2 Å². The number of hydrogen-bond donors (Lipinski definition) is 2. The van der Waals surface area contributed by atoms with Gasteiger partial charge in [0.1, 0.15) is 5.82 Å². The summed E-state index contributed by atoms with van der Waals surface area (Å²) in [6, 6.07) is 14.1. The molecular formula is C24H25N3O3. The van der Waals surface area contributed by atoms with Crippen LogP contribution >= 0.6 is 0 Å². The summed E-state index contributed by atoms with van der Waals surface area (Å²) < 4.78 is 0. The van der Waals surface area contributed by atoms with Crippen LogP contribution in [0.4, 0.5) is 11.5 Å². The Labute approximate surface area is 175 Å². The number of nitrogens with one attached hydrogen (secondary N) is 1. The summed E-state index contributed by atoms with van der Waals surface area (Å²) in [5.41, 5.74) is 2.97. The minimum atomic E-state index is -1.00. The number of aryl methyl sites for hydroxylation is 1. The molecule has 1 fully saturated rings. The second-order valence-electron chi connectivity index (χ2n) is 8.08. The van der Waals surface area contributed by atoms with Gasteiger partial charge in [-0.2, -0.15) is 0 Å². The topological polar surface area (TPSA) is 82.5 Å². The number of nitrogens with zero attached hydrogens (tertiary/aromatic N) is 2. The van der Waals surface area contributed by atoms with E-state index in [0.717, 1.165) is 25.1 Å². The molecule has 1 aromatic heterocycles. The highest BCUT2D eigenvalue weighted by atomic mass is 16.4. The van der Waals surface area contributed by atoms with Gasteiger partial charge in [-0.05, 0) is 62.1 Å². The molecule has 4 rings (SSSR count). The van der Waals surface area contributed by atoms with E-state index in [1.807, 2.05) is 19.1 Å². The van der Waals surface area contributed by atoms with E-state index in [-0.39, 0.29) is 11.5 Å². The fourth-order valence-corrected chi connectivity index (χ4v) is 3.93. The van der Waals surface area contributed by atoms with Gasteiger partial charge < -0.3 is 15.3 Å². The number of carboxylic acid groups (broad SMARTS) is 1. The molecule has 6 nitrogen and oxygen atoms in total. The number of carbonyl (C=O) groups is 2. The van der Waals surface area contributed by atoms with Gasteiger partial charge in [-0.25, -0.2) is 9.78 Å². The van der Waals surface area contributed by atoms with Crippen molar-refractivity contribution in [3.63, 3.8) is 0 Å². The third-order valence-corrected chi connectivity index (χ3v) is 5.58. The first-order valence-electron chi connectivity index (χ1n) is 10.2. The minimum absolute atomic E-state index is 0.194. The largest absolute Gasteiger partial charge is 0.478 e. The Balaban J connectivity index is 1.67. The van der Waals surface area contributed by atoms with Gasteiger partial charge in [-0.3, -0.25) is 4.79 Å². The van der Waals surface area contributed by atoms with Crippen LogP contribution in [-0.2, 0) is 0 Å². The number of aromatic nitrogens is 1. The predicted octanol–water partition coefficient (Wildman–Crippen LogP) is 4.73. The molecule has 1 atom stereocenters. The highest BCUT2D eigenvalue weighted by molar-refractivity contribution is 6.08. The highest BCUT2D eigenvalue weighted by Gasteiger charge is 2.21. The van der Waals surface area contributed by atoms with E-state index < -0.39 is 5.97 Å². The van der Waals surface area contributed by atoms with E-state index >= 15 is 0 Å². The van der Waals surface area contributed by atoms with Crippen LogP contribution in [0, 0.1) is 12.8 Å². The molecule has 1 amide bonds. The zero-order valence-electron chi connectivity index (χ0n) is 17.2. The van der Waals surface area contributed by atoms with Crippen molar-refractivity contribution in [2.24, 2.45) is 5.92 Å². The van der Waals surface area contributed by atoms with Crippen LogP contribution in [0.2, 0.25) is 0 Å². The van der Waals surface area contributed by atoms with Gasteiger partial charge in [0, 0.05) is 29.7 Å². The predicted molar refractivity (Wildman–Crippen MR) is 118 cm³/mol. The number of carbonyl (C=O) groups excluding carboxylic acids is 1. The minimum Gasteiger partial charge on any atom is -0.478 e. The summed E-state index contributed by atoms with van der Waals surface area (Å²) in [5.74, 6) is 0.0145. The number of benzene rings is 2. The molecule has 0 radical (unpaired) electrons.